The van der Waals surface area contributed by atoms with Crippen molar-refractivity contribution >= 4 is 0 Å². The molecule has 0 aromatic heterocycles. The molecule has 1 fully saturated rings. The van der Waals surface area contributed by atoms with Crippen LogP contribution in [0.25, 0.3) is 0 Å². The molecule has 2 rings (SSSR count). The molecule has 1 aromatic carbocycles. The molecule has 1 aliphatic heterocycles. The molecule has 0 N–H and O–H groups in total. The van der Waals surface area contributed by atoms with Crippen LogP contribution in [-0.4, -0.2) is 33.9 Å². The zero-order chi connectivity index (χ0) is 15.2. The second kappa shape index (κ2) is 7.59. The molecule has 0 spiro atoms. The molecule has 118 valence electrons. The number of halogens is 2. The van der Waals surface area contributed by atoms with Crippen molar-refractivity contribution in [3.63, 3.8) is 0 Å². The predicted octanol–water partition coefficient (Wildman–Crippen LogP) is 3.87. The summed E-state index contributed by atoms with van der Waals surface area (Å²) in [6.45, 7) is 1.35. The van der Waals surface area contributed by atoms with Gasteiger partial charge in [-0.15, -0.1) is 0 Å². The Morgan fingerprint density at radius 3 is 2.38 bits per heavy atom. The minimum absolute atomic E-state index is 0.297. The number of hydrogen-bond acceptors (Lipinski definition) is 3. The molecular formula is C16H22F2O3. The van der Waals surface area contributed by atoms with Crippen molar-refractivity contribution in [1.29, 1.82) is 0 Å². The van der Waals surface area contributed by atoms with Gasteiger partial charge in [-0.1, -0.05) is 6.07 Å². The van der Waals surface area contributed by atoms with Crippen LogP contribution in [0.15, 0.2) is 18.2 Å². The fraction of sp³-hybridized carbons (Fsp3) is 0.625. The van der Waals surface area contributed by atoms with Gasteiger partial charge in [-0.05, 0) is 42.9 Å². The Balaban J connectivity index is 2.17. The molecule has 3 nitrogen and oxygen atoms in total. The van der Waals surface area contributed by atoms with E-state index in [2.05, 4.69) is 0 Å². The summed E-state index contributed by atoms with van der Waals surface area (Å²) in [6.07, 6.45) is -0.185. The van der Waals surface area contributed by atoms with Crippen molar-refractivity contribution in [3.8, 4) is 11.5 Å². The fourth-order valence-corrected chi connectivity index (χ4v) is 2.81. The van der Waals surface area contributed by atoms with E-state index in [0.29, 0.717) is 42.6 Å². The Labute approximate surface area is 124 Å². The third-order valence-corrected chi connectivity index (χ3v) is 4.07. The van der Waals surface area contributed by atoms with Crippen LogP contribution >= 0.6 is 0 Å². The lowest BCUT2D eigenvalue weighted by Crippen LogP contribution is -2.21. The number of alkyl halides is 2. The average Bonchev–Trinajstić information content (AvgIpc) is 2.52. The average molecular weight is 300 g/mol. The molecular weight excluding hydrogens is 278 g/mol. The van der Waals surface area contributed by atoms with Crippen LogP contribution in [0.1, 0.15) is 30.7 Å². The van der Waals surface area contributed by atoms with Crippen LogP contribution in [-0.2, 0) is 4.74 Å². The molecule has 0 bridgehead atoms. The number of benzene rings is 1. The lowest BCUT2D eigenvalue weighted by atomic mass is 9.85. The van der Waals surface area contributed by atoms with Gasteiger partial charge in [0.1, 0.15) is 0 Å². The van der Waals surface area contributed by atoms with Gasteiger partial charge in [-0.2, -0.15) is 0 Å². The van der Waals surface area contributed by atoms with Crippen LogP contribution in [0.5, 0.6) is 11.5 Å². The first-order valence-electron chi connectivity index (χ1n) is 7.23. The number of hydrogen-bond donors (Lipinski definition) is 0. The molecule has 1 aromatic rings. The van der Waals surface area contributed by atoms with Crippen molar-refractivity contribution in [2.24, 2.45) is 5.92 Å². The second-order valence-corrected chi connectivity index (χ2v) is 5.35. The minimum atomic E-state index is -2.38. The maximum Gasteiger partial charge on any atom is 0.245 e. The summed E-state index contributed by atoms with van der Waals surface area (Å²) in [6, 6.07) is 5.06. The van der Waals surface area contributed by atoms with Crippen LogP contribution in [0, 0.1) is 5.92 Å². The third-order valence-electron chi connectivity index (χ3n) is 4.07. The van der Waals surface area contributed by atoms with Gasteiger partial charge >= 0.3 is 0 Å². The number of ether oxygens (including phenoxy) is 3. The van der Waals surface area contributed by atoms with E-state index in [-0.39, 0.29) is 0 Å². The van der Waals surface area contributed by atoms with E-state index in [1.54, 1.807) is 18.2 Å². The van der Waals surface area contributed by atoms with Gasteiger partial charge in [0, 0.05) is 19.1 Å². The van der Waals surface area contributed by atoms with Crippen molar-refractivity contribution in [1.82, 2.24) is 0 Å². The predicted molar refractivity (Wildman–Crippen MR) is 76.5 cm³/mol. The van der Waals surface area contributed by atoms with Crippen molar-refractivity contribution < 1.29 is 23.0 Å². The molecule has 0 amide bonds. The monoisotopic (exact) mass is 300 g/mol. The second-order valence-electron chi connectivity index (χ2n) is 5.35. The van der Waals surface area contributed by atoms with Crippen LogP contribution < -0.4 is 9.47 Å². The smallest absolute Gasteiger partial charge is 0.245 e. The molecule has 0 aliphatic carbocycles. The Hall–Kier alpha value is -1.36. The van der Waals surface area contributed by atoms with E-state index in [9.17, 15) is 8.78 Å². The van der Waals surface area contributed by atoms with Crippen LogP contribution in [0.4, 0.5) is 8.78 Å². The maximum absolute atomic E-state index is 13.5. The first-order valence-corrected chi connectivity index (χ1v) is 7.23. The maximum atomic E-state index is 13.5. The Kier molecular flexibility index (Phi) is 5.79. The molecule has 0 radical (unpaired) electrons. The Morgan fingerprint density at radius 1 is 1.14 bits per heavy atom. The molecule has 5 heteroatoms. The highest BCUT2D eigenvalue weighted by Gasteiger charge is 2.28. The molecule has 1 heterocycles. The number of rotatable bonds is 6. The minimum Gasteiger partial charge on any atom is -0.493 e. The highest BCUT2D eigenvalue weighted by atomic mass is 19.3. The van der Waals surface area contributed by atoms with Crippen molar-refractivity contribution in [2.45, 2.75) is 31.6 Å². The SMILES string of the molecule is COc1ccc(C(CC2CCOCC2)C(F)F)cc1OC. The van der Waals surface area contributed by atoms with Crippen LogP contribution in [0.3, 0.4) is 0 Å². The Morgan fingerprint density at radius 2 is 1.81 bits per heavy atom. The van der Waals surface area contributed by atoms with E-state index in [0.717, 1.165) is 12.8 Å². The molecule has 21 heavy (non-hydrogen) atoms. The lowest BCUT2D eigenvalue weighted by Gasteiger charge is -2.27. The highest BCUT2D eigenvalue weighted by molar-refractivity contribution is 5.44. The summed E-state index contributed by atoms with van der Waals surface area (Å²) in [5, 5.41) is 0. The summed E-state index contributed by atoms with van der Waals surface area (Å²) in [7, 11) is 3.04. The first kappa shape index (κ1) is 16.0. The quantitative estimate of drug-likeness (QED) is 0.798. The zero-order valence-electron chi connectivity index (χ0n) is 12.5. The largest absolute Gasteiger partial charge is 0.493 e. The summed E-state index contributed by atoms with van der Waals surface area (Å²) in [5.41, 5.74) is 0.606. The topological polar surface area (TPSA) is 27.7 Å². The van der Waals surface area contributed by atoms with Gasteiger partial charge in [0.15, 0.2) is 11.5 Å². The van der Waals surface area contributed by atoms with E-state index >= 15 is 0 Å². The first-order chi connectivity index (χ1) is 10.2. The Bertz CT molecular complexity index is 445. The fourth-order valence-electron chi connectivity index (χ4n) is 2.81. The molecule has 1 saturated heterocycles. The number of methoxy groups -OCH3 is 2. The highest BCUT2D eigenvalue weighted by Crippen LogP contribution is 2.37. The summed E-state index contributed by atoms with van der Waals surface area (Å²) >= 11 is 0. The van der Waals surface area contributed by atoms with E-state index in [1.807, 2.05) is 0 Å². The lowest BCUT2D eigenvalue weighted by molar-refractivity contribution is 0.0454. The summed E-state index contributed by atoms with van der Waals surface area (Å²) in [5.74, 6) is 0.576. The normalized spacial score (nSPS) is 17.8. The van der Waals surface area contributed by atoms with Gasteiger partial charge in [-0.25, -0.2) is 8.78 Å². The van der Waals surface area contributed by atoms with E-state index < -0.39 is 12.3 Å². The van der Waals surface area contributed by atoms with Gasteiger partial charge in [-0.3, -0.25) is 0 Å². The van der Waals surface area contributed by atoms with Crippen molar-refractivity contribution in [3.05, 3.63) is 23.8 Å². The van der Waals surface area contributed by atoms with Crippen molar-refractivity contribution in [2.75, 3.05) is 27.4 Å². The summed E-state index contributed by atoms with van der Waals surface area (Å²) in [4.78, 5) is 0. The van der Waals surface area contributed by atoms with E-state index in [1.165, 1.54) is 14.2 Å². The molecule has 1 unspecified atom stereocenters. The van der Waals surface area contributed by atoms with Crippen LogP contribution in [0.2, 0.25) is 0 Å². The molecule has 0 saturated carbocycles. The zero-order valence-corrected chi connectivity index (χ0v) is 12.5. The third kappa shape index (κ3) is 4.06. The van der Waals surface area contributed by atoms with Gasteiger partial charge in [0.05, 0.1) is 14.2 Å². The van der Waals surface area contributed by atoms with E-state index in [4.69, 9.17) is 14.2 Å². The summed E-state index contributed by atoms with van der Waals surface area (Å²) < 4.78 is 42.6. The molecule has 1 atom stereocenters. The molecule has 1 aliphatic rings. The standard InChI is InChI=1S/C16H22F2O3/c1-19-14-4-3-12(10-15(14)20-2)13(16(17)18)9-11-5-7-21-8-6-11/h3-4,10-11,13,16H,5-9H2,1-2H3. The van der Waals surface area contributed by atoms with Gasteiger partial charge < -0.3 is 14.2 Å². The van der Waals surface area contributed by atoms with Gasteiger partial charge in [0.25, 0.3) is 0 Å². The van der Waals surface area contributed by atoms with Gasteiger partial charge in [0.2, 0.25) is 6.43 Å².